The summed E-state index contributed by atoms with van der Waals surface area (Å²) in [4.78, 5) is 16.4. The van der Waals surface area contributed by atoms with Gasteiger partial charge in [0.05, 0.1) is 6.54 Å². The van der Waals surface area contributed by atoms with Gasteiger partial charge in [-0.15, -0.1) is 5.10 Å². The third kappa shape index (κ3) is 3.96. The number of hydrogen-bond acceptors (Lipinski definition) is 5. The second kappa shape index (κ2) is 7.43. The molecule has 0 spiro atoms. The third-order valence-electron chi connectivity index (χ3n) is 4.07. The molecule has 0 saturated heterocycles. The minimum absolute atomic E-state index is 0.122. The van der Waals surface area contributed by atoms with Crippen molar-refractivity contribution in [3.8, 4) is 11.3 Å². The van der Waals surface area contributed by atoms with Crippen LogP contribution in [0.4, 0.5) is 10.3 Å². The van der Waals surface area contributed by atoms with Gasteiger partial charge in [-0.2, -0.15) is 0 Å². The van der Waals surface area contributed by atoms with E-state index in [4.69, 9.17) is 4.52 Å². The van der Waals surface area contributed by atoms with Gasteiger partial charge in [0.25, 0.3) is 5.91 Å². The first kappa shape index (κ1) is 17.6. The van der Waals surface area contributed by atoms with Gasteiger partial charge in [0.15, 0.2) is 11.5 Å². The second-order valence-corrected chi connectivity index (χ2v) is 6.29. The molecule has 28 heavy (non-hydrogen) atoms. The van der Waals surface area contributed by atoms with E-state index in [1.54, 1.807) is 18.2 Å². The molecule has 0 saturated carbocycles. The van der Waals surface area contributed by atoms with Crippen LogP contribution in [0.1, 0.15) is 21.6 Å². The molecular formula is C20H16FN5O2. The van der Waals surface area contributed by atoms with Gasteiger partial charge in [0.2, 0.25) is 5.95 Å². The second-order valence-electron chi connectivity index (χ2n) is 6.29. The van der Waals surface area contributed by atoms with Crippen LogP contribution in [0.25, 0.3) is 11.3 Å². The SMILES string of the molecule is Cc1ccc(-c2cc(C(=O)Nc3ncn(Cc4cccc(F)c4)n3)no2)cc1. The summed E-state index contributed by atoms with van der Waals surface area (Å²) in [6.07, 6.45) is 1.46. The van der Waals surface area contributed by atoms with Crippen LogP contribution >= 0.6 is 0 Å². The highest BCUT2D eigenvalue weighted by Gasteiger charge is 2.15. The van der Waals surface area contributed by atoms with E-state index in [0.717, 1.165) is 16.7 Å². The number of rotatable bonds is 5. The van der Waals surface area contributed by atoms with Gasteiger partial charge in [0.1, 0.15) is 12.1 Å². The van der Waals surface area contributed by atoms with E-state index < -0.39 is 5.91 Å². The number of nitrogens with one attached hydrogen (secondary N) is 1. The number of aromatic nitrogens is 4. The summed E-state index contributed by atoms with van der Waals surface area (Å²) in [6, 6.07) is 15.5. The highest BCUT2D eigenvalue weighted by atomic mass is 19.1. The Morgan fingerprint density at radius 3 is 2.79 bits per heavy atom. The summed E-state index contributed by atoms with van der Waals surface area (Å²) in [7, 11) is 0. The minimum atomic E-state index is -0.481. The summed E-state index contributed by atoms with van der Waals surface area (Å²) >= 11 is 0. The fourth-order valence-electron chi connectivity index (χ4n) is 2.65. The van der Waals surface area contributed by atoms with Gasteiger partial charge in [0, 0.05) is 11.6 Å². The number of carbonyl (C=O) groups is 1. The maximum absolute atomic E-state index is 13.3. The summed E-state index contributed by atoms with van der Waals surface area (Å²) in [5, 5.41) is 10.5. The van der Waals surface area contributed by atoms with Gasteiger partial charge in [-0.1, -0.05) is 47.1 Å². The highest BCUT2D eigenvalue weighted by molar-refractivity contribution is 6.02. The molecule has 0 fully saturated rings. The monoisotopic (exact) mass is 377 g/mol. The molecule has 2 heterocycles. The lowest BCUT2D eigenvalue weighted by molar-refractivity contribution is 0.101. The molecule has 2 aromatic heterocycles. The lowest BCUT2D eigenvalue weighted by atomic mass is 10.1. The Hall–Kier alpha value is -3.81. The molecule has 140 valence electrons. The number of halogens is 1. The molecule has 0 bridgehead atoms. The normalized spacial score (nSPS) is 10.8. The fraction of sp³-hybridized carbons (Fsp3) is 0.100. The van der Waals surface area contributed by atoms with Crippen molar-refractivity contribution >= 4 is 11.9 Å². The Morgan fingerprint density at radius 2 is 2.00 bits per heavy atom. The summed E-state index contributed by atoms with van der Waals surface area (Å²) in [5.74, 6) is -0.178. The lowest BCUT2D eigenvalue weighted by Gasteiger charge is -2.01. The molecule has 1 N–H and O–H groups in total. The maximum atomic E-state index is 13.3. The number of hydrogen-bond donors (Lipinski definition) is 1. The van der Waals surface area contributed by atoms with Gasteiger partial charge in [-0.3, -0.25) is 10.1 Å². The van der Waals surface area contributed by atoms with Crippen molar-refractivity contribution in [1.29, 1.82) is 0 Å². The van der Waals surface area contributed by atoms with Crippen LogP contribution in [0.2, 0.25) is 0 Å². The van der Waals surface area contributed by atoms with E-state index in [9.17, 15) is 9.18 Å². The quantitative estimate of drug-likeness (QED) is 0.573. The number of anilines is 1. The molecule has 4 aromatic rings. The van der Waals surface area contributed by atoms with Crippen molar-refractivity contribution in [3.05, 3.63) is 83.6 Å². The number of amides is 1. The fourth-order valence-corrected chi connectivity index (χ4v) is 2.65. The highest BCUT2D eigenvalue weighted by Crippen LogP contribution is 2.21. The molecule has 8 heteroatoms. The zero-order valence-electron chi connectivity index (χ0n) is 15.0. The van der Waals surface area contributed by atoms with Crippen LogP contribution in [0.3, 0.4) is 0 Å². The van der Waals surface area contributed by atoms with Crippen molar-refractivity contribution in [1.82, 2.24) is 19.9 Å². The van der Waals surface area contributed by atoms with E-state index in [0.29, 0.717) is 12.3 Å². The molecule has 0 radical (unpaired) electrons. The molecule has 2 aromatic carbocycles. The first-order valence-corrected chi connectivity index (χ1v) is 8.56. The Bertz CT molecular complexity index is 1120. The van der Waals surface area contributed by atoms with Crippen LogP contribution in [0.15, 0.2) is 65.4 Å². The van der Waals surface area contributed by atoms with E-state index in [1.807, 2.05) is 31.2 Å². The number of nitrogens with zero attached hydrogens (tertiary/aromatic N) is 4. The average molecular weight is 377 g/mol. The van der Waals surface area contributed by atoms with Crippen molar-refractivity contribution in [3.63, 3.8) is 0 Å². The molecule has 1 amide bonds. The number of benzene rings is 2. The van der Waals surface area contributed by atoms with E-state index in [1.165, 1.54) is 23.1 Å². The minimum Gasteiger partial charge on any atom is -0.355 e. The third-order valence-corrected chi connectivity index (χ3v) is 4.07. The molecule has 0 unspecified atom stereocenters. The Balaban J connectivity index is 1.43. The van der Waals surface area contributed by atoms with Crippen LogP contribution in [0, 0.1) is 12.7 Å². The molecule has 7 nitrogen and oxygen atoms in total. The van der Waals surface area contributed by atoms with Gasteiger partial charge < -0.3 is 4.52 Å². The van der Waals surface area contributed by atoms with Crippen LogP contribution in [-0.2, 0) is 6.54 Å². The van der Waals surface area contributed by atoms with E-state index >= 15 is 0 Å². The van der Waals surface area contributed by atoms with E-state index in [-0.39, 0.29) is 17.5 Å². The van der Waals surface area contributed by atoms with Crippen molar-refractivity contribution in [2.75, 3.05) is 5.32 Å². The first-order chi connectivity index (χ1) is 13.6. The van der Waals surface area contributed by atoms with Crippen molar-refractivity contribution in [2.45, 2.75) is 13.5 Å². The van der Waals surface area contributed by atoms with Gasteiger partial charge in [-0.05, 0) is 24.6 Å². The average Bonchev–Trinajstić information content (AvgIpc) is 3.32. The molecule has 0 aliphatic carbocycles. The number of carbonyl (C=O) groups excluding carboxylic acids is 1. The number of aryl methyl sites for hydroxylation is 1. The molecule has 0 atom stereocenters. The van der Waals surface area contributed by atoms with Crippen molar-refractivity contribution < 1.29 is 13.7 Å². The molecular weight excluding hydrogens is 361 g/mol. The first-order valence-electron chi connectivity index (χ1n) is 8.56. The predicted octanol–water partition coefficient (Wildman–Crippen LogP) is 3.68. The maximum Gasteiger partial charge on any atom is 0.280 e. The van der Waals surface area contributed by atoms with Crippen LogP contribution in [0.5, 0.6) is 0 Å². The Morgan fingerprint density at radius 1 is 1.18 bits per heavy atom. The summed E-state index contributed by atoms with van der Waals surface area (Å²) < 4.78 is 20.0. The zero-order chi connectivity index (χ0) is 19.5. The largest absolute Gasteiger partial charge is 0.355 e. The zero-order valence-corrected chi connectivity index (χ0v) is 15.0. The Kier molecular flexibility index (Phi) is 4.67. The van der Waals surface area contributed by atoms with E-state index in [2.05, 4.69) is 20.6 Å². The van der Waals surface area contributed by atoms with Crippen LogP contribution < -0.4 is 5.32 Å². The standard InChI is InChI=1S/C20H16FN5O2/c1-13-5-7-15(8-6-13)18-10-17(25-28-18)19(27)23-20-22-12-26(24-20)11-14-3-2-4-16(21)9-14/h2-10,12H,11H2,1H3,(H,23,24,27). The predicted molar refractivity (Wildman–Crippen MR) is 100 cm³/mol. The topological polar surface area (TPSA) is 85.8 Å². The summed E-state index contributed by atoms with van der Waals surface area (Å²) in [6.45, 7) is 2.33. The van der Waals surface area contributed by atoms with Gasteiger partial charge in [-0.25, -0.2) is 14.1 Å². The smallest absolute Gasteiger partial charge is 0.280 e. The lowest BCUT2D eigenvalue weighted by Crippen LogP contribution is -2.13. The molecule has 4 rings (SSSR count). The molecule has 0 aliphatic heterocycles. The van der Waals surface area contributed by atoms with Crippen LogP contribution in [-0.4, -0.2) is 25.8 Å². The molecule has 0 aliphatic rings. The van der Waals surface area contributed by atoms with Crippen molar-refractivity contribution in [2.24, 2.45) is 0 Å². The summed E-state index contributed by atoms with van der Waals surface area (Å²) in [5.41, 5.74) is 2.81. The Labute approximate surface area is 159 Å². The van der Waals surface area contributed by atoms with Gasteiger partial charge >= 0.3 is 0 Å².